The average Bonchev–Trinajstić information content (AvgIpc) is 3.17. The van der Waals surface area contributed by atoms with Gasteiger partial charge in [0.15, 0.2) is 11.3 Å². The van der Waals surface area contributed by atoms with Gasteiger partial charge in [0.2, 0.25) is 0 Å². The van der Waals surface area contributed by atoms with E-state index in [0.29, 0.717) is 28.0 Å². The Morgan fingerprint density at radius 3 is 2.68 bits per heavy atom. The highest BCUT2D eigenvalue weighted by atomic mass is 16.5. The summed E-state index contributed by atoms with van der Waals surface area (Å²) in [6, 6.07) is 16.1. The van der Waals surface area contributed by atoms with Crippen molar-refractivity contribution in [3.63, 3.8) is 0 Å². The van der Waals surface area contributed by atoms with E-state index in [1.54, 1.807) is 30.3 Å². The molecule has 7 heteroatoms. The number of hydrogen-bond donors (Lipinski definition) is 1. The van der Waals surface area contributed by atoms with E-state index in [0.717, 1.165) is 22.9 Å². The molecule has 0 amide bonds. The van der Waals surface area contributed by atoms with Crippen LogP contribution in [-0.2, 0) is 0 Å². The molecule has 0 spiro atoms. The van der Waals surface area contributed by atoms with E-state index in [1.165, 1.54) is 25.7 Å². The van der Waals surface area contributed by atoms with Crippen molar-refractivity contribution in [3.8, 4) is 11.5 Å². The molecule has 31 heavy (non-hydrogen) atoms. The maximum absolute atomic E-state index is 12.7. The molecular weight excluding hydrogens is 394 g/mol. The number of rotatable bonds is 9. The number of nitrogens with zero attached hydrogens (tertiary/aromatic N) is 3. The third kappa shape index (κ3) is 4.77. The molecule has 0 aliphatic carbocycles. The van der Waals surface area contributed by atoms with Crippen molar-refractivity contribution in [1.29, 1.82) is 0 Å². The Hall–Kier alpha value is -3.61. The SMILES string of the molecule is CCCCCCCOc1ccc2cc(C(=O)Oc3cccc4c3nnn4O)ccc2c1. The van der Waals surface area contributed by atoms with E-state index >= 15 is 0 Å². The van der Waals surface area contributed by atoms with Crippen LogP contribution < -0.4 is 9.47 Å². The Balaban J connectivity index is 1.43. The second kappa shape index (κ2) is 9.47. The van der Waals surface area contributed by atoms with E-state index in [-0.39, 0.29) is 5.75 Å². The van der Waals surface area contributed by atoms with Crippen LogP contribution in [0.25, 0.3) is 21.8 Å². The van der Waals surface area contributed by atoms with Crippen LogP contribution in [0.4, 0.5) is 0 Å². The van der Waals surface area contributed by atoms with Gasteiger partial charge in [-0.1, -0.05) is 55.7 Å². The summed E-state index contributed by atoms with van der Waals surface area (Å²) in [5.74, 6) is 0.567. The van der Waals surface area contributed by atoms with Crippen molar-refractivity contribution in [2.45, 2.75) is 39.0 Å². The highest BCUT2D eigenvalue weighted by molar-refractivity contribution is 5.98. The van der Waals surface area contributed by atoms with E-state index in [2.05, 4.69) is 17.2 Å². The Kier molecular flexibility index (Phi) is 6.31. The maximum atomic E-state index is 12.7. The van der Waals surface area contributed by atoms with Crippen molar-refractivity contribution in [3.05, 3.63) is 60.2 Å². The van der Waals surface area contributed by atoms with Crippen molar-refractivity contribution in [2.24, 2.45) is 0 Å². The number of esters is 1. The standard InChI is InChI=1S/C24H25N3O4/c1-2-3-4-5-6-14-30-20-13-12-17-15-19(11-10-18(17)16-20)24(28)31-22-9-7-8-21-23(22)25-26-27(21)29/h7-13,15-16,29H,2-6,14H2,1H3. The zero-order valence-corrected chi connectivity index (χ0v) is 17.5. The first kappa shape index (κ1) is 20.7. The molecule has 4 aromatic rings. The van der Waals surface area contributed by atoms with Gasteiger partial charge >= 0.3 is 5.97 Å². The minimum atomic E-state index is -0.505. The van der Waals surface area contributed by atoms with Crippen molar-refractivity contribution in [1.82, 2.24) is 15.2 Å². The molecule has 0 bridgehead atoms. The smallest absolute Gasteiger partial charge is 0.343 e. The first-order valence-corrected chi connectivity index (χ1v) is 10.6. The molecular formula is C24H25N3O4. The quantitative estimate of drug-likeness (QED) is 0.169. The molecule has 0 aliphatic rings. The normalized spacial score (nSPS) is 11.1. The fraction of sp³-hybridized carbons (Fsp3) is 0.292. The number of unbranched alkanes of at least 4 members (excludes halogenated alkanes) is 4. The second-order valence-corrected chi connectivity index (χ2v) is 7.48. The summed E-state index contributed by atoms with van der Waals surface area (Å²) in [6.45, 7) is 2.92. The van der Waals surface area contributed by atoms with Crippen LogP contribution in [0.3, 0.4) is 0 Å². The first-order chi connectivity index (χ1) is 15.2. The third-order valence-corrected chi connectivity index (χ3v) is 5.19. The van der Waals surface area contributed by atoms with Crippen molar-refractivity contribution in [2.75, 3.05) is 6.61 Å². The number of fused-ring (bicyclic) bond motifs is 2. The van der Waals surface area contributed by atoms with Crippen LogP contribution in [-0.4, -0.2) is 32.9 Å². The Morgan fingerprint density at radius 1 is 1.00 bits per heavy atom. The summed E-state index contributed by atoms with van der Waals surface area (Å²) in [4.78, 5) is 13.3. The molecule has 1 N–H and O–H groups in total. The van der Waals surface area contributed by atoms with Gasteiger partial charge in [0.05, 0.1) is 12.2 Å². The second-order valence-electron chi connectivity index (χ2n) is 7.48. The van der Waals surface area contributed by atoms with Gasteiger partial charge in [-0.3, -0.25) is 0 Å². The van der Waals surface area contributed by atoms with E-state index in [1.807, 2.05) is 24.3 Å². The molecule has 0 fully saturated rings. The lowest BCUT2D eigenvalue weighted by Gasteiger charge is -2.09. The van der Waals surface area contributed by atoms with Gasteiger partial charge in [-0.05, 0) is 58.8 Å². The topological polar surface area (TPSA) is 86.5 Å². The van der Waals surface area contributed by atoms with Gasteiger partial charge in [0.25, 0.3) is 0 Å². The molecule has 160 valence electrons. The van der Waals surface area contributed by atoms with Crippen LogP contribution in [0.1, 0.15) is 49.4 Å². The van der Waals surface area contributed by atoms with Gasteiger partial charge in [-0.15, -0.1) is 5.10 Å². The van der Waals surface area contributed by atoms with Gasteiger partial charge < -0.3 is 14.7 Å². The molecule has 0 radical (unpaired) electrons. The summed E-state index contributed by atoms with van der Waals surface area (Å²) in [7, 11) is 0. The van der Waals surface area contributed by atoms with Crippen molar-refractivity contribution >= 4 is 27.8 Å². The number of hydrogen-bond acceptors (Lipinski definition) is 6. The lowest BCUT2D eigenvalue weighted by molar-refractivity contribution is 0.0737. The maximum Gasteiger partial charge on any atom is 0.343 e. The summed E-state index contributed by atoms with van der Waals surface area (Å²) in [5.41, 5.74) is 1.10. The number of ether oxygens (including phenoxy) is 2. The minimum Gasteiger partial charge on any atom is -0.494 e. The fourth-order valence-electron chi connectivity index (χ4n) is 3.49. The summed E-state index contributed by atoms with van der Waals surface area (Å²) in [5, 5.41) is 18.9. The molecule has 0 atom stereocenters. The predicted molar refractivity (Wildman–Crippen MR) is 118 cm³/mol. The number of benzene rings is 3. The molecule has 1 heterocycles. The predicted octanol–water partition coefficient (Wildman–Crippen LogP) is 5.39. The van der Waals surface area contributed by atoms with E-state index in [4.69, 9.17) is 9.47 Å². The van der Waals surface area contributed by atoms with Crippen LogP contribution in [0.2, 0.25) is 0 Å². The molecule has 0 aliphatic heterocycles. The lowest BCUT2D eigenvalue weighted by Crippen LogP contribution is -2.08. The number of carbonyl (C=O) groups excluding carboxylic acids is 1. The van der Waals surface area contributed by atoms with E-state index < -0.39 is 5.97 Å². The molecule has 7 nitrogen and oxygen atoms in total. The zero-order valence-electron chi connectivity index (χ0n) is 17.5. The molecule has 1 aromatic heterocycles. The van der Waals surface area contributed by atoms with Gasteiger partial charge in [0.1, 0.15) is 11.3 Å². The highest BCUT2D eigenvalue weighted by Crippen LogP contribution is 2.26. The summed E-state index contributed by atoms with van der Waals surface area (Å²) < 4.78 is 11.4. The first-order valence-electron chi connectivity index (χ1n) is 10.6. The molecule has 3 aromatic carbocycles. The lowest BCUT2D eigenvalue weighted by atomic mass is 10.1. The largest absolute Gasteiger partial charge is 0.494 e. The fourth-order valence-corrected chi connectivity index (χ4v) is 3.49. The summed E-state index contributed by atoms with van der Waals surface area (Å²) >= 11 is 0. The molecule has 0 unspecified atom stereocenters. The molecule has 0 saturated carbocycles. The van der Waals surface area contributed by atoms with Crippen molar-refractivity contribution < 1.29 is 19.5 Å². The monoisotopic (exact) mass is 419 g/mol. The van der Waals surface area contributed by atoms with Gasteiger partial charge in [0, 0.05) is 0 Å². The number of carbonyl (C=O) groups is 1. The minimum absolute atomic E-state index is 0.241. The van der Waals surface area contributed by atoms with Crippen LogP contribution in [0.15, 0.2) is 54.6 Å². The van der Waals surface area contributed by atoms with Crippen LogP contribution in [0.5, 0.6) is 11.5 Å². The van der Waals surface area contributed by atoms with Crippen LogP contribution in [0, 0.1) is 0 Å². The molecule has 4 rings (SSSR count). The average molecular weight is 419 g/mol. The van der Waals surface area contributed by atoms with E-state index in [9.17, 15) is 10.0 Å². The third-order valence-electron chi connectivity index (χ3n) is 5.19. The van der Waals surface area contributed by atoms with Crippen LogP contribution >= 0.6 is 0 Å². The molecule has 0 saturated heterocycles. The zero-order chi connectivity index (χ0) is 21.6. The Morgan fingerprint density at radius 2 is 1.81 bits per heavy atom. The highest BCUT2D eigenvalue weighted by Gasteiger charge is 2.15. The van der Waals surface area contributed by atoms with Gasteiger partial charge in [-0.25, -0.2) is 4.79 Å². The van der Waals surface area contributed by atoms with Gasteiger partial charge in [-0.2, -0.15) is 0 Å². The Bertz CT molecular complexity index is 1200. The number of aromatic nitrogens is 3. The summed E-state index contributed by atoms with van der Waals surface area (Å²) in [6.07, 6.45) is 6.01. The Labute approximate surface area is 180 Å².